The lowest BCUT2D eigenvalue weighted by atomic mass is 9.74. The highest BCUT2D eigenvalue weighted by Crippen LogP contribution is 2.39. The van der Waals surface area contributed by atoms with E-state index in [9.17, 15) is 9.90 Å². The summed E-state index contributed by atoms with van der Waals surface area (Å²) in [6.07, 6.45) is 7.02. The molecule has 2 N–H and O–H groups in total. The molecule has 2 fully saturated rings. The Hall–Kier alpha value is -2.18. The standard InChI is InChI=1S/C22H29N3O3/c26-20-9-12-22(17-6-2-1-3-7-17,11-8-19(20)25-13-4-5-14-25)16-23-21(27)18-10-15-28-24-18/h1-3,6-7,10,15,19-20,26H,4-5,8-9,11-14,16H2,(H,23,27)/t19-,20-,22-/m0/s1. The number of carbonyl (C=O) groups excluding carboxylic acids is 1. The first-order chi connectivity index (χ1) is 13.7. The molecule has 0 bridgehead atoms. The summed E-state index contributed by atoms with van der Waals surface area (Å²) in [5.74, 6) is -0.218. The molecule has 1 aromatic carbocycles. The number of likely N-dealkylation sites (tertiary alicyclic amines) is 1. The first kappa shape index (κ1) is 19.2. The number of benzene rings is 1. The number of carbonyl (C=O) groups is 1. The molecule has 1 saturated carbocycles. The van der Waals surface area contributed by atoms with Crippen LogP contribution in [0.1, 0.15) is 54.6 Å². The number of aliphatic hydroxyl groups excluding tert-OH is 1. The molecule has 2 heterocycles. The van der Waals surface area contributed by atoms with E-state index < -0.39 is 0 Å². The molecule has 28 heavy (non-hydrogen) atoms. The van der Waals surface area contributed by atoms with Crippen LogP contribution in [0.5, 0.6) is 0 Å². The Labute approximate surface area is 165 Å². The predicted octanol–water partition coefficient (Wildman–Crippen LogP) is 2.74. The number of aliphatic hydroxyl groups is 1. The van der Waals surface area contributed by atoms with E-state index in [1.807, 2.05) is 6.07 Å². The van der Waals surface area contributed by atoms with Gasteiger partial charge in [-0.25, -0.2) is 0 Å². The molecule has 0 spiro atoms. The first-order valence-corrected chi connectivity index (χ1v) is 10.3. The van der Waals surface area contributed by atoms with E-state index >= 15 is 0 Å². The van der Waals surface area contributed by atoms with E-state index in [0.717, 1.165) is 38.8 Å². The number of nitrogens with zero attached hydrogens (tertiary/aromatic N) is 2. The normalized spacial score (nSPS) is 28.8. The maximum absolute atomic E-state index is 12.5. The maximum atomic E-state index is 12.5. The quantitative estimate of drug-likeness (QED) is 0.776. The van der Waals surface area contributed by atoms with Gasteiger partial charge in [-0.3, -0.25) is 9.69 Å². The maximum Gasteiger partial charge on any atom is 0.273 e. The van der Waals surface area contributed by atoms with Crippen LogP contribution in [0.2, 0.25) is 0 Å². The van der Waals surface area contributed by atoms with Crippen LogP contribution in [0.25, 0.3) is 0 Å². The van der Waals surface area contributed by atoms with Gasteiger partial charge >= 0.3 is 0 Å². The molecular formula is C22H29N3O3. The van der Waals surface area contributed by atoms with Gasteiger partial charge in [0.1, 0.15) is 6.26 Å². The summed E-state index contributed by atoms with van der Waals surface area (Å²) in [5.41, 5.74) is 1.34. The smallest absolute Gasteiger partial charge is 0.273 e. The van der Waals surface area contributed by atoms with E-state index in [0.29, 0.717) is 12.2 Å². The van der Waals surface area contributed by atoms with Gasteiger partial charge in [0, 0.05) is 24.1 Å². The lowest BCUT2D eigenvalue weighted by Crippen LogP contribution is -2.42. The van der Waals surface area contributed by atoms with Crippen LogP contribution in [0.4, 0.5) is 0 Å². The summed E-state index contributed by atoms with van der Waals surface area (Å²) >= 11 is 0. The van der Waals surface area contributed by atoms with Crippen LogP contribution in [-0.2, 0) is 5.41 Å². The third kappa shape index (κ3) is 3.98. The fraction of sp³-hybridized carbons (Fsp3) is 0.545. The summed E-state index contributed by atoms with van der Waals surface area (Å²) in [6.45, 7) is 2.70. The molecule has 0 radical (unpaired) electrons. The van der Waals surface area contributed by atoms with Crippen molar-refractivity contribution in [1.29, 1.82) is 0 Å². The second-order valence-corrected chi connectivity index (χ2v) is 8.17. The molecule has 1 amide bonds. The van der Waals surface area contributed by atoms with Crippen LogP contribution in [0.15, 0.2) is 47.2 Å². The van der Waals surface area contributed by atoms with Crippen LogP contribution in [-0.4, -0.2) is 52.9 Å². The molecule has 6 nitrogen and oxygen atoms in total. The molecule has 3 atom stereocenters. The molecule has 4 rings (SSSR count). The second-order valence-electron chi connectivity index (χ2n) is 8.17. The van der Waals surface area contributed by atoms with Crippen molar-refractivity contribution in [3.8, 4) is 0 Å². The van der Waals surface area contributed by atoms with Gasteiger partial charge in [-0.05, 0) is 57.2 Å². The number of rotatable bonds is 5. The lowest BCUT2D eigenvalue weighted by Gasteiger charge is -2.34. The first-order valence-electron chi connectivity index (χ1n) is 10.3. The van der Waals surface area contributed by atoms with Crippen molar-refractivity contribution in [3.05, 3.63) is 53.9 Å². The minimum absolute atomic E-state index is 0.184. The highest BCUT2D eigenvalue weighted by Gasteiger charge is 2.40. The zero-order chi connectivity index (χ0) is 19.4. The monoisotopic (exact) mass is 383 g/mol. The topological polar surface area (TPSA) is 78.6 Å². The van der Waals surface area contributed by atoms with Crippen molar-refractivity contribution >= 4 is 5.91 Å². The Morgan fingerprint density at radius 1 is 1.18 bits per heavy atom. The van der Waals surface area contributed by atoms with Gasteiger partial charge in [0.25, 0.3) is 5.91 Å². The third-order valence-corrected chi connectivity index (χ3v) is 6.54. The van der Waals surface area contributed by atoms with Gasteiger partial charge in [0.05, 0.1) is 6.10 Å². The minimum atomic E-state index is -0.310. The molecule has 1 saturated heterocycles. The fourth-order valence-electron chi connectivity index (χ4n) is 4.89. The van der Waals surface area contributed by atoms with Crippen LogP contribution >= 0.6 is 0 Å². The number of aromatic nitrogens is 1. The Morgan fingerprint density at radius 3 is 2.64 bits per heavy atom. The van der Waals surface area contributed by atoms with Gasteiger partial charge < -0.3 is 14.9 Å². The van der Waals surface area contributed by atoms with Crippen LogP contribution in [0, 0.1) is 0 Å². The molecular weight excluding hydrogens is 354 g/mol. The number of nitrogens with one attached hydrogen (secondary N) is 1. The van der Waals surface area contributed by atoms with E-state index in [-0.39, 0.29) is 23.5 Å². The molecule has 0 unspecified atom stereocenters. The van der Waals surface area contributed by atoms with Crippen molar-refractivity contribution < 1.29 is 14.4 Å². The Morgan fingerprint density at radius 2 is 1.93 bits per heavy atom. The zero-order valence-corrected chi connectivity index (χ0v) is 16.2. The van der Waals surface area contributed by atoms with Gasteiger partial charge in [0.15, 0.2) is 5.69 Å². The lowest BCUT2D eigenvalue weighted by molar-refractivity contribution is 0.0569. The molecule has 1 aromatic heterocycles. The highest BCUT2D eigenvalue weighted by molar-refractivity contribution is 5.92. The average Bonchev–Trinajstić information content (AvgIpc) is 3.42. The summed E-state index contributed by atoms with van der Waals surface area (Å²) in [4.78, 5) is 14.9. The Kier molecular flexibility index (Phi) is 5.78. The summed E-state index contributed by atoms with van der Waals surface area (Å²) in [6, 6.07) is 12.2. The third-order valence-electron chi connectivity index (χ3n) is 6.54. The molecule has 6 heteroatoms. The van der Waals surface area contributed by atoms with Gasteiger partial charge in [0.2, 0.25) is 0 Å². The van der Waals surface area contributed by atoms with Gasteiger partial charge in [-0.1, -0.05) is 35.5 Å². The largest absolute Gasteiger partial charge is 0.391 e. The number of hydrogen-bond donors (Lipinski definition) is 2. The van der Waals surface area contributed by atoms with Crippen molar-refractivity contribution in [2.75, 3.05) is 19.6 Å². The van der Waals surface area contributed by atoms with Crippen molar-refractivity contribution in [2.45, 2.75) is 56.1 Å². The SMILES string of the molecule is O=C(NC[C@@]1(c2ccccc2)CC[C@H](O)[C@@H](N2CCCC2)CC1)c1ccon1. The molecule has 2 aromatic rings. The molecule has 2 aliphatic rings. The number of amides is 1. The summed E-state index contributed by atoms with van der Waals surface area (Å²) in [5, 5.41) is 17.7. The average molecular weight is 383 g/mol. The van der Waals surface area contributed by atoms with Crippen molar-refractivity contribution in [2.24, 2.45) is 0 Å². The van der Waals surface area contributed by atoms with E-state index in [2.05, 4.69) is 39.6 Å². The fourth-order valence-corrected chi connectivity index (χ4v) is 4.89. The minimum Gasteiger partial charge on any atom is -0.391 e. The van der Waals surface area contributed by atoms with Crippen molar-refractivity contribution in [1.82, 2.24) is 15.4 Å². The van der Waals surface area contributed by atoms with E-state index in [1.165, 1.54) is 24.7 Å². The molecule has 150 valence electrons. The zero-order valence-electron chi connectivity index (χ0n) is 16.2. The van der Waals surface area contributed by atoms with Gasteiger partial charge in [-0.15, -0.1) is 0 Å². The summed E-state index contributed by atoms with van der Waals surface area (Å²) < 4.78 is 4.79. The van der Waals surface area contributed by atoms with E-state index in [4.69, 9.17) is 4.52 Å². The molecule has 1 aliphatic heterocycles. The summed E-state index contributed by atoms with van der Waals surface area (Å²) in [7, 11) is 0. The number of hydrogen-bond acceptors (Lipinski definition) is 5. The highest BCUT2D eigenvalue weighted by atomic mass is 16.5. The Balaban J connectivity index is 1.54. The van der Waals surface area contributed by atoms with Crippen molar-refractivity contribution in [3.63, 3.8) is 0 Å². The second kappa shape index (κ2) is 8.45. The predicted molar refractivity (Wildman–Crippen MR) is 106 cm³/mol. The molecule has 1 aliphatic carbocycles. The van der Waals surface area contributed by atoms with E-state index in [1.54, 1.807) is 6.07 Å². The van der Waals surface area contributed by atoms with Crippen LogP contribution in [0.3, 0.4) is 0 Å². The Bertz CT molecular complexity index is 759. The van der Waals surface area contributed by atoms with Gasteiger partial charge in [-0.2, -0.15) is 0 Å². The van der Waals surface area contributed by atoms with Crippen LogP contribution < -0.4 is 5.32 Å².